The van der Waals surface area contributed by atoms with Crippen molar-refractivity contribution in [2.24, 2.45) is 5.92 Å². The first kappa shape index (κ1) is 21.1. The molecule has 1 amide bonds. The van der Waals surface area contributed by atoms with Crippen molar-refractivity contribution in [2.45, 2.75) is 31.8 Å². The van der Waals surface area contributed by atoms with E-state index in [2.05, 4.69) is 49.1 Å². The molecule has 2 aromatic rings. The van der Waals surface area contributed by atoms with Crippen molar-refractivity contribution in [3.05, 3.63) is 41.6 Å². The number of benzene rings is 1. The first-order valence-corrected chi connectivity index (χ1v) is 9.83. The summed E-state index contributed by atoms with van der Waals surface area (Å²) in [6.07, 6.45) is 3.37. The molecule has 30 heavy (non-hydrogen) atoms. The second-order valence-corrected chi connectivity index (χ2v) is 7.18. The van der Waals surface area contributed by atoms with Gasteiger partial charge >= 0.3 is 0 Å². The van der Waals surface area contributed by atoms with Crippen molar-refractivity contribution in [3.63, 3.8) is 0 Å². The molecule has 1 atom stereocenters. The SMILES string of the molecule is CNc1nc(Nc2cccc(C#N)c2)ncc1C#CC1CC(NC(=O)[C@H](C)NC)C1. The van der Waals surface area contributed by atoms with Gasteiger partial charge in [0, 0.05) is 24.7 Å². The van der Waals surface area contributed by atoms with Crippen molar-refractivity contribution < 1.29 is 4.79 Å². The fourth-order valence-electron chi connectivity index (χ4n) is 3.01. The number of aromatic nitrogens is 2. The number of amides is 1. The Balaban J connectivity index is 1.60. The Kier molecular flexibility index (Phi) is 6.84. The monoisotopic (exact) mass is 403 g/mol. The molecule has 0 unspecified atom stereocenters. The van der Waals surface area contributed by atoms with Gasteiger partial charge in [-0.3, -0.25) is 4.79 Å². The van der Waals surface area contributed by atoms with Crippen molar-refractivity contribution in [1.82, 2.24) is 20.6 Å². The van der Waals surface area contributed by atoms with E-state index in [-0.39, 0.29) is 23.9 Å². The standard InChI is InChI=1S/C22H25N7O/c1-14(24-2)21(30)27-19-9-15(10-19)7-8-17-13-26-22(29-20(17)25-3)28-18-6-4-5-16(11-18)12-23/h4-6,11,13-15,19,24H,9-10H2,1-3H3,(H,27,30)(H2,25,26,28,29)/t14-,15?,19?/m0/s1. The third-order valence-corrected chi connectivity index (χ3v) is 5.00. The third-order valence-electron chi connectivity index (χ3n) is 5.00. The van der Waals surface area contributed by atoms with E-state index < -0.39 is 0 Å². The molecule has 0 saturated heterocycles. The van der Waals surface area contributed by atoms with Crippen molar-refractivity contribution in [1.29, 1.82) is 5.26 Å². The van der Waals surface area contributed by atoms with Crippen molar-refractivity contribution in [2.75, 3.05) is 24.7 Å². The highest BCUT2D eigenvalue weighted by Gasteiger charge is 2.29. The lowest BCUT2D eigenvalue weighted by Gasteiger charge is -2.33. The molecule has 1 aromatic carbocycles. The van der Waals surface area contributed by atoms with Gasteiger partial charge in [-0.05, 0) is 45.0 Å². The fourth-order valence-corrected chi connectivity index (χ4v) is 3.01. The number of carbonyl (C=O) groups is 1. The minimum absolute atomic E-state index is 0.0168. The van der Waals surface area contributed by atoms with Gasteiger partial charge in [-0.25, -0.2) is 4.98 Å². The zero-order chi connectivity index (χ0) is 21.5. The van der Waals surface area contributed by atoms with E-state index in [0.29, 0.717) is 22.9 Å². The molecule has 0 spiro atoms. The lowest BCUT2D eigenvalue weighted by molar-refractivity contribution is -0.124. The third kappa shape index (κ3) is 5.25. The van der Waals surface area contributed by atoms with Gasteiger partial charge in [0.1, 0.15) is 5.82 Å². The van der Waals surface area contributed by atoms with Gasteiger partial charge < -0.3 is 21.3 Å². The normalized spacial score (nSPS) is 18.1. The first-order chi connectivity index (χ1) is 14.5. The summed E-state index contributed by atoms with van der Waals surface area (Å²) in [5.41, 5.74) is 2.02. The van der Waals surface area contributed by atoms with Gasteiger partial charge in [-0.2, -0.15) is 10.2 Å². The summed E-state index contributed by atoms with van der Waals surface area (Å²) in [6.45, 7) is 1.84. The number of hydrogen-bond acceptors (Lipinski definition) is 7. The molecule has 1 aliphatic rings. The highest BCUT2D eigenvalue weighted by Crippen LogP contribution is 2.27. The number of hydrogen-bond donors (Lipinski definition) is 4. The number of carbonyl (C=O) groups excluding carboxylic acids is 1. The maximum absolute atomic E-state index is 11.9. The summed E-state index contributed by atoms with van der Waals surface area (Å²) < 4.78 is 0. The van der Waals surface area contributed by atoms with Crippen molar-refractivity contribution >= 4 is 23.4 Å². The van der Waals surface area contributed by atoms with E-state index in [1.807, 2.05) is 13.0 Å². The van der Waals surface area contributed by atoms with Crippen LogP contribution in [0.25, 0.3) is 0 Å². The van der Waals surface area contributed by atoms with Crippen LogP contribution in [0.5, 0.6) is 0 Å². The van der Waals surface area contributed by atoms with Gasteiger partial charge in [-0.15, -0.1) is 0 Å². The molecule has 0 radical (unpaired) electrons. The van der Waals surface area contributed by atoms with Crippen LogP contribution < -0.4 is 21.3 Å². The Morgan fingerprint density at radius 3 is 2.80 bits per heavy atom. The Labute approximate surface area is 176 Å². The van der Waals surface area contributed by atoms with Gasteiger partial charge in [0.15, 0.2) is 0 Å². The summed E-state index contributed by atoms with van der Waals surface area (Å²) in [5.74, 6) is 7.71. The molecular weight excluding hydrogens is 378 g/mol. The summed E-state index contributed by atoms with van der Waals surface area (Å²) in [7, 11) is 3.55. The lowest BCUT2D eigenvalue weighted by atomic mass is 9.80. The molecule has 1 saturated carbocycles. The maximum atomic E-state index is 11.9. The zero-order valence-corrected chi connectivity index (χ0v) is 17.3. The van der Waals surface area contributed by atoms with E-state index >= 15 is 0 Å². The summed E-state index contributed by atoms with van der Waals surface area (Å²) in [6, 6.07) is 9.22. The average Bonchev–Trinajstić information content (AvgIpc) is 2.74. The second kappa shape index (κ2) is 9.73. The van der Waals surface area contributed by atoms with Crippen LogP contribution in [-0.4, -0.2) is 42.1 Å². The molecule has 0 aliphatic heterocycles. The first-order valence-electron chi connectivity index (χ1n) is 9.83. The van der Waals surface area contributed by atoms with Crippen LogP contribution in [0, 0.1) is 29.1 Å². The van der Waals surface area contributed by atoms with Crippen LogP contribution in [0.15, 0.2) is 30.5 Å². The Hall–Kier alpha value is -3.62. The molecule has 8 nitrogen and oxygen atoms in total. The number of nitrogens with zero attached hydrogens (tertiary/aromatic N) is 3. The predicted octanol–water partition coefficient (Wildman–Crippen LogP) is 1.99. The molecular formula is C22H25N7O. The molecule has 0 bridgehead atoms. The zero-order valence-electron chi connectivity index (χ0n) is 17.3. The number of rotatable bonds is 6. The van der Waals surface area contributed by atoms with Gasteiger partial charge in [0.05, 0.1) is 29.4 Å². The molecule has 4 N–H and O–H groups in total. The Morgan fingerprint density at radius 1 is 1.30 bits per heavy atom. The lowest BCUT2D eigenvalue weighted by Crippen LogP contribution is -2.49. The minimum Gasteiger partial charge on any atom is -0.372 e. The Bertz CT molecular complexity index is 1010. The largest absolute Gasteiger partial charge is 0.372 e. The van der Waals surface area contributed by atoms with Gasteiger partial charge in [0.2, 0.25) is 11.9 Å². The smallest absolute Gasteiger partial charge is 0.237 e. The number of nitriles is 1. The quantitative estimate of drug-likeness (QED) is 0.545. The molecule has 154 valence electrons. The van der Waals surface area contributed by atoms with Crippen LogP contribution in [0.2, 0.25) is 0 Å². The topological polar surface area (TPSA) is 115 Å². The minimum atomic E-state index is -0.194. The predicted molar refractivity (Wildman–Crippen MR) is 116 cm³/mol. The van der Waals surface area contributed by atoms with Gasteiger partial charge in [0.25, 0.3) is 0 Å². The van der Waals surface area contributed by atoms with Crippen LogP contribution in [0.1, 0.15) is 30.9 Å². The number of likely N-dealkylation sites (N-methyl/N-ethyl adjacent to an activating group) is 1. The highest BCUT2D eigenvalue weighted by atomic mass is 16.2. The van der Waals surface area contributed by atoms with Crippen LogP contribution in [0.4, 0.5) is 17.5 Å². The molecule has 1 heterocycles. The molecule has 8 heteroatoms. The van der Waals surface area contributed by atoms with E-state index in [1.165, 1.54) is 0 Å². The van der Waals surface area contributed by atoms with Crippen molar-refractivity contribution in [3.8, 4) is 17.9 Å². The van der Waals surface area contributed by atoms with E-state index in [0.717, 1.165) is 18.5 Å². The van der Waals surface area contributed by atoms with E-state index in [1.54, 1.807) is 38.5 Å². The van der Waals surface area contributed by atoms with E-state index in [4.69, 9.17) is 5.26 Å². The van der Waals surface area contributed by atoms with Crippen LogP contribution >= 0.6 is 0 Å². The summed E-state index contributed by atoms with van der Waals surface area (Å²) in [5, 5.41) is 21.1. The molecule has 1 fully saturated rings. The summed E-state index contributed by atoms with van der Waals surface area (Å²) in [4.78, 5) is 20.7. The van der Waals surface area contributed by atoms with E-state index in [9.17, 15) is 4.79 Å². The molecule has 1 aliphatic carbocycles. The second-order valence-electron chi connectivity index (χ2n) is 7.18. The summed E-state index contributed by atoms with van der Waals surface area (Å²) >= 11 is 0. The maximum Gasteiger partial charge on any atom is 0.237 e. The average molecular weight is 403 g/mol. The fraction of sp³-hybridized carbons (Fsp3) is 0.364. The highest BCUT2D eigenvalue weighted by molar-refractivity contribution is 5.81. The Morgan fingerprint density at radius 2 is 2.10 bits per heavy atom. The van der Waals surface area contributed by atoms with Gasteiger partial charge in [-0.1, -0.05) is 17.9 Å². The molecule has 3 rings (SSSR count). The molecule has 1 aromatic heterocycles. The number of nitrogens with one attached hydrogen (secondary N) is 4. The number of anilines is 3. The van der Waals surface area contributed by atoms with Crippen LogP contribution in [-0.2, 0) is 4.79 Å². The van der Waals surface area contributed by atoms with Crippen LogP contribution in [0.3, 0.4) is 0 Å².